The monoisotopic (exact) mass is 346 g/mol. The van der Waals surface area contributed by atoms with Gasteiger partial charge in [0, 0.05) is 37.2 Å². The SMILES string of the molecule is Clc1cccc(OC2CN(C3CCN(Cc4ccco4)CC3)C2)c1. The van der Waals surface area contributed by atoms with Gasteiger partial charge in [-0.05, 0) is 43.2 Å². The highest BCUT2D eigenvalue weighted by Crippen LogP contribution is 2.26. The minimum Gasteiger partial charge on any atom is -0.488 e. The molecule has 128 valence electrons. The Balaban J connectivity index is 1.19. The summed E-state index contributed by atoms with van der Waals surface area (Å²) >= 11 is 6.00. The molecule has 2 fully saturated rings. The van der Waals surface area contributed by atoms with E-state index in [9.17, 15) is 0 Å². The molecule has 5 heteroatoms. The molecule has 0 unspecified atom stereocenters. The highest BCUT2D eigenvalue weighted by molar-refractivity contribution is 6.30. The highest BCUT2D eigenvalue weighted by atomic mass is 35.5. The van der Waals surface area contributed by atoms with E-state index in [2.05, 4.69) is 15.9 Å². The summed E-state index contributed by atoms with van der Waals surface area (Å²) in [7, 11) is 0. The van der Waals surface area contributed by atoms with Crippen molar-refractivity contribution in [2.24, 2.45) is 0 Å². The fraction of sp³-hybridized carbons (Fsp3) is 0.474. The second kappa shape index (κ2) is 7.18. The summed E-state index contributed by atoms with van der Waals surface area (Å²) in [6.45, 7) is 5.26. The van der Waals surface area contributed by atoms with Crippen LogP contribution in [0.1, 0.15) is 18.6 Å². The summed E-state index contributed by atoms with van der Waals surface area (Å²) in [6.07, 6.45) is 4.50. The van der Waals surface area contributed by atoms with Crippen LogP contribution in [0, 0.1) is 0 Å². The second-order valence-electron chi connectivity index (χ2n) is 6.74. The van der Waals surface area contributed by atoms with E-state index in [4.69, 9.17) is 20.8 Å². The van der Waals surface area contributed by atoms with Crippen molar-refractivity contribution in [2.75, 3.05) is 26.2 Å². The largest absolute Gasteiger partial charge is 0.488 e. The molecule has 4 nitrogen and oxygen atoms in total. The van der Waals surface area contributed by atoms with Crippen LogP contribution in [-0.2, 0) is 6.54 Å². The first-order chi connectivity index (χ1) is 11.8. The summed E-state index contributed by atoms with van der Waals surface area (Å²) in [5, 5.41) is 0.729. The Kier molecular flexibility index (Phi) is 4.79. The molecule has 0 saturated carbocycles. The molecule has 0 radical (unpaired) electrons. The van der Waals surface area contributed by atoms with Crippen LogP contribution in [0.3, 0.4) is 0 Å². The van der Waals surface area contributed by atoms with E-state index < -0.39 is 0 Å². The Hall–Kier alpha value is -1.49. The predicted molar refractivity (Wildman–Crippen MR) is 94.4 cm³/mol. The quantitative estimate of drug-likeness (QED) is 0.826. The number of benzene rings is 1. The Bertz CT molecular complexity index is 647. The molecule has 0 aliphatic carbocycles. The van der Waals surface area contributed by atoms with Gasteiger partial charge in [-0.1, -0.05) is 17.7 Å². The number of piperidine rings is 1. The third-order valence-corrected chi connectivity index (χ3v) is 5.24. The maximum atomic E-state index is 6.00. The smallest absolute Gasteiger partial charge is 0.124 e. The molecular weight excluding hydrogens is 324 g/mol. The van der Waals surface area contributed by atoms with Crippen molar-refractivity contribution in [3.05, 3.63) is 53.4 Å². The molecule has 2 aliphatic rings. The standard InChI is InChI=1S/C19H23ClN2O2/c20-15-3-1-4-17(11-15)24-19-13-22(14-19)16-6-8-21(9-7-16)12-18-5-2-10-23-18/h1-5,10-11,16,19H,6-9,12-14H2. The fourth-order valence-corrected chi connectivity index (χ4v) is 3.82. The van der Waals surface area contributed by atoms with Crippen molar-refractivity contribution in [3.8, 4) is 5.75 Å². The van der Waals surface area contributed by atoms with Crippen molar-refractivity contribution >= 4 is 11.6 Å². The lowest BCUT2D eigenvalue weighted by Crippen LogP contribution is -2.59. The first kappa shape index (κ1) is 16.0. The van der Waals surface area contributed by atoms with E-state index in [0.717, 1.165) is 49.3 Å². The van der Waals surface area contributed by atoms with E-state index >= 15 is 0 Å². The maximum absolute atomic E-state index is 6.00. The Morgan fingerprint density at radius 1 is 1.12 bits per heavy atom. The molecule has 2 saturated heterocycles. The normalized spacial score (nSPS) is 20.9. The van der Waals surface area contributed by atoms with Gasteiger partial charge in [0.15, 0.2) is 0 Å². The van der Waals surface area contributed by atoms with Crippen LogP contribution in [0.25, 0.3) is 0 Å². The van der Waals surface area contributed by atoms with Gasteiger partial charge in [0.05, 0.1) is 12.8 Å². The molecule has 0 bridgehead atoms. The van der Waals surface area contributed by atoms with Crippen molar-refractivity contribution in [1.82, 2.24) is 9.80 Å². The zero-order valence-electron chi connectivity index (χ0n) is 13.7. The Labute approximate surface area is 147 Å². The van der Waals surface area contributed by atoms with Gasteiger partial charge in [0.1, 0.15) is 17.6 Å². The van der Waals surface area contributed by atoms with E-state index in [-0.39, 0.29) is 0 Å². The van der Waals surface area contributed by atoms with Crippen molar-refractivity contribution in [2.45, 2.75) is 31.5 Å². The molecule has 0 amide bonds. The first-order valence-corrected chi connectivity index (χ1v) is 9.05. The van der Waals surface area contributed by atoms with Crippen LogP contribution >= 0.6 is 11.6 Å². The maximum Gasteiger partial charge on any atom is 0.124 e. The minimum absolute atomic E-state index is 0.296. The van der Waals surface area contributed by atoms with Gasteiger partial charge in [0.25, 0.3) is 0 Å². The third kappa shape index (κ3) is 3.77. The van der Waals surface area contributed by atoms with E-state index in [1.807, 2.05) is 30.3 Å². The van der Waals surface area contributed by atoms with Crippen LogP contribution in [0.2, 0.25) is 5.02 Å². The van der Waals surface area contributed by atoms with Gasteiger partial charge in [-0.15, -0.1) is 0 Å². The lowest BCUT2D eigenvalue weighted by atomic mass is 9.98. The zero-order valence-corrected chi connectivity index (χ0v) is 14.5. The van der Waals surface area contributed by atoms with E-state index in [1.54, 1.807) is 6.26 Å². The van der Waals surface area contributed by atoms with Crippen molar-refractivity contribution < 1.29 is 9.15 Å². The van der Waals surface area contributed by atoms with E-state index in [0.29, 0.717) is 12.1 Å². The third-order valence-electron chi connectivity index (χ3n) is 5.01. The molecule has 2 aliphatic heterocycles. The highest BCUT2D eigenvalue weighted by Gasteiger charge is 2.35. The number of hydrogen-bond donors (Lipinski definition) is 0. The van der Waals surface area contributed by atoms with Gasteiger partial charge in [0.2, 0.25) is 0 Å². The second-order valence-corrected chi connectivity index (χ2v) is 7.17. The summed E-state index contributed by atoms with van der Waals surface area (Å²) in [6, 6.07) is 12.4. The number of halogens is 1. The molecule has 0 spiro atoms. The average Bonchev–Trinajstić information content (AvgIpc) is 3.05. The number of hydrogen-bond acceptors (Lipinski definition) is 4. The lowest BCUT2D eigenvalue weighted by molar-refractivity contribution is -0.0275. The predicted octanol–water partition coefficient (Wildman–Crippen LogP) is 3.66. The molecule has 1 aromatic carbocycles. The average molecular weight is 347 g/mol. The fourth-order valence-electron chi connectivity index (χ4n) is 3.64. The summed E-state index contributed by atoms with van der Waals surface area (Å²) in [4.78, 5) is 5.04. The number of furan rings is 1. The molecule has 0 N–H and O–H groups in total. The van der Waals surface area contributed by atoms with Gasteiger partial charge in [-0.2, -0.15) is 0 Å². The summed E-state index contributed by atoms with van der Waals surface area (Å²) < 4.78 is 11.4. The molecule has 1 aromatic heterocycles. The first-order valence-electron chi connectivity index (χ1n) is 8.67. The molecule has 0 atom stereocenters. The number of rotatable bonds is 5. The number of likely N-dealkylation sites (tertiary alicyclic amines) is 2. The van der Waals surface area contributed by atoms with Gasteiger partial charge < -0.3 is 9.15 Å². The lowest BCUT2D eigenvalue weighted by Gasteiger charge is -2.46. The number of ether oxygens (including phenoxy) is 1. The summed E-state index contributed by atoms with van der Waals surface area (Å²) in [5.74, 6) is 1.94. The van der Waals surface area contributed by atoms with Crippen LogP contribution in [0.4, 0.5) is 0 Å². The molecule has 24 heavy (non-hydrogen) atoms. The molecule has 2 aromatic rings. The summed E-state index contributed by atoms with van der Waals surface area (Å²) in [5.41, 5.74) is 0. The molecular formula is C19H23ClN2O2. The van der Waals surface area contributed by atoms with Crippen LogP contribution < -0.4 is 4.74 Å². The Morgan fingerprint density at radius 2 is 1.96 bits per heavy atom. The van der Waals surface area contributed by atoms with Crippen LogP contribution in [-0.4, -0.2) is 48.1 Å². The van der Waals surface area contributed by atoms with Crippen LogP contribution in [0.5, 0.6) is 5.75 Å². The molecule has 4 rings (SSSR count). The molecule has 3 heterocycles. The van der Waals surface area contributed by atoms with Crippen LogP contribution in [0.15, 0.2) is 47.1 Å². The number of nitrogens with zero attached hydrogens (tertiary/aromatic N) is 2. The Morgan fingerprint density at radius 3 is 2.67 bits per heavy atom. The van der Waals surface area contributed by atoms with Gasteiger partial charge >= 0.3 is 0 Å². The minimum atomic E-state index is 0.296. The zero-order chi connectivity index (χ0) is 16.4. The topological polar surface area (TPSA) is 28.9 Å². The van der Waals surface area contributed by atoms with Crippen molar-refractivity contribution in [3.63, 3.8) is 0 Å². The van der Waals surface area contributed by atoms with Gasteiger partial charge in [-0.25, -0.2) is 0 Å². The van der Waals surface area contributed by atoms with Crippen molar-refractivity contribution in [1.29, 1.82) is 0 Å². The van der Waals surface area contributed by atoms with E-state index in [1.165, 1.54) is 12.8 Å². The van der Waals surface area contributed by atoms with Gasteiger partial charge in [-0.3, -0.25) is 9.80 Å².